The summed E-state index contributed by atoms with van der Waals surface area (Å²) in [6, 6.07) is 35.3. The van der Waals surface area contributed by atoms with Crippen molar-refractivity contribution in [1.82, 2.24) is 0 Å². The van der Waals surface area contributed by atoms with Crippen LogP contribution >= 0.6 is 0 Å². The molecule has 0 N–H and O–H groups in total. The summed E-state index contributed by atoms with van der Waals surface area (Å²) in [5.74, 6) is 0. The van der Waals surface area contributed by atoms with Crippen molar-refractivity contribution < 1.29 is 51.0 Å². The first-order chi connectivity index (χ1) is 15.4. The minimum absolute atomic E-state index is 0. The van der Waals surface area contributed by atoms with Gasteiger partial charge in [-0.2, -0.15) is 0 Å². The van der Waals surface area contributed by atoms with Gasteiger partial charge in [0.05, 0.1) is 7.59 Å². The van der Waals surface area contributed by atoms with Crippen molar-refractivity contribution in [2.75, 3.05) is 0 Å². The van der Waals surface area contributed by atoms with Crippen LogP contribution in [0, 0.1) is 0 Å². The van der Waals surface area contributed by atoms with Gasteiger partial charge in [0.1, 0.15) is 0 Å². The van der Waals surface area contributed by atoms with Crippen LogP contribution in [0.4, 0.5) is 0 Å². The van der Waals surface area contributed by atoms with Crippen LogP contribution < -0.4 is 35.2 Å². The minimum Gasteiger partial charge on any atom is -1.00 e. The first-order valence-electron chi connectivity index (χ1n) is 11.5. The number of rotatable bonds is 0. The van der Waals surface area contributed by atoms with Crippen molar-refractivity contribution >= 4 is 68.6 Å². The zero-order chi connectivity index (χ0) is 22.1. The van der Waals surface area contributed by atoms with E-state index in [1.165, 1.54) is 37.7 Å². The minimum atomic E-state index is -1.19. The van der Waals surface area contributed by atoms with Gasteiger partial charge in [0.25, 0.3) is 0 Å². The molecule has 0 radical (unpaired) electrons. The number of hydrogen-bond donors (Lipinski definition) is 0. The fraction of sp³-hybridized carbons (Fsp3) is 0.133. The average molecular weight is 607 g/mol. The molecule has 0 bridgehead atoms. The van der Waals surface area contributed by atoms with Crippen molar-refractivity contribution in [3.05, 3.63) is 97.1 Å². The summed E-state index contributed by atoms with van der Waals surface area (Å²) in [5, 5.41) is 14.7. The molecule has 0 aromatic heterocycles. The van der Waals surface area contributed by atoms with E-state index >= 15 is 0 Å². The Labute approximate surface area is 241 Å². The number of fused-ring (bicyclic) bond motifs is 8. The van der Waals surface area contributed by atoms with E-state index in [1.807, 2.05) is 0 Å². The standard InChI is InChI=1S/C17H19Si2.C13H9.2ClH.Zr/c1-18(2)16-10-9-14-13-8-6-5-7-12(13)11-15(14)17(16)19(18,3)4;1-3-7-12-10(5-1)9-11-6-2-4-8-13(11)12;;;/h5-11H,1-4H3;1-9H;2*1H;/q2*-1;;;+4/p-2. The zero-order valence-corrected chi connectivity index (χ0v) is 26.5. The molecule has 0 atom stereocenters. The van der Waals surface area contributed by atoms with Gasteiger partial charge in [0.2, 0.25) is 0 Å². The van der Waals surface area contributed by atoms with Crippen LogP contribution in [0.1, 0.15) is 0 Å². The van der Waals surface area contributed by atoms with Crippen molar-refractivity contribution in [3.8, 4) is 0 Å². The molecule has 1 aliphatic rings. The second kappa shape index (κ2) is 10.1. The Hall–Kier alpha value is -1.48. The molecule has 0 spiro atoms. The normalized spacial score (nSPS) is 14.6. The summed E-state index contributed by atoms with van der Waals surface area (Å²) >= 11 is 0. The van der Waals surface area contributed by atoms with Crippen molar-refractivity contribution in [2.24, 2.45) is 0 Å². The van der Waals surface area contributed by atoms with Crippen molar-refractivity contribution in [2.45, 2.75) is 26.2 Å². The molecule has 0 saturated carbocycles. The summed E-state index contributed by atoms with van der Waals surface area (Å²) in [6.45, 7) is 10.3. The molecule has 0 unspecified atom stereocenters. The van der Waals surface area contributed by atoms with Crippen LogP contribution in [-0.4, -0.2) is 15.2 Å². The van der Waals surface area contributed by atoms with Gasteiger partial charge in [0.15, 0.2) is 0 Å². The Kier molecular flexibility index (Phi) is 8.12. The predicted molar refractivity (Wildman–Crippen MR) is 148 cm³/mol. The van der Waals surface area contributed by atoms with Gasteiger partial charge >= 0.3 is 26.2 Å². The van der Waals surface area contributed by atoms with Gasteiger partial charge in [-0.05, 0) is 0 Å². The van der Waals surface area contributed by atoms with Crippen molar-refractivity contribution in [1.29, 1.82) is 0 Å². The molecule has 0 saturated heterocycles. The monoisotopic (exact) mass is 604 g/mol. The molecule has 174 valence electrons. The third-order valence-corrected chi connectivity index (χ3v) is 26.0. The molecule has 0 amide bonds. The smallest absolute Gasteiger partial charge is 1.00 e. The van der Waals surface area contributed by atoms with Crippen LogP contribution in [0.5, 0.6) is 0 Å². The summed E-state index contributed by atoms with van der Waals surface area (Å²) < 4.78 is 0. The maximum Gasteiger partial charge on any atom is 4.00 e. The second-order valence-electron chi connectivity index (χ2n) is 10.2. The van der Waals surface area contributed by atoms with Gasteiger partial charge in [-0.25, -0.2) is 0 Å². The number of benzene rings is 4. The van der Waals surface area contributed by atoms with E-state index in [4.69, 9.17) is 0 Å². The van der Waals surface area contributed by atoms with Crippen LogP contribution in [0.3, 0.4) is 0 Å². The molecule has 6 aromatic rings. The fourth-order valence-electron chi connectivity index (χ4n) is 5.71. The van der Waals surface area contributed by atoms with E-state index < -0.39 is 15.2 Å². The Balaban J connectivity index is 0.000000190. The van der Waals surface area contributed by atoms with Gasteiger partial charge in [-0.1, -0.05) is 98.1 Å². The SMILES string of the molecule is C[Si]1(C)c2ccc3c([cH-]c4ccccc43)c2[Si]1(C)C.[Cl-].[Cl-].[Zr+4].c1ccc2c(c1)[cH-]c1ccccc12. The van der Waals surface area contributed by atoms with E-state index in [2.05, 4.69) is 123 Å². The van der Waals surface area contributed by atoms with Gasteiger partial charge < -0.3 is 24.8 Å². The second-order valence-corrected chi connectivity index (χ2v) is 25.3. The van der Waals surface area contributed by atoms with Crippen LogP contribution in [0.15, 0.2) is 97.1 Å². The van der Waals surface area contributed by atoms with Crippen LogP contribution in [0.2, 0.25) is 26.2 Å². The molecule has 0 nitrogen and oxygen atoms in total. The van der Waals surface area contributed by atoms with E-state index in [0.717, 1.165) is 0 Å². The quantitative estimate of drug-likeness (QED) is 0.181. The molecular formula is C30H28Cl2Si2Zr. The molecule has 7 rings (SSSR count). The Morgan fingerprint density at radius 2 is 0.914 bits per heavy atom. The summed E-state index contributed by atoms with van der Waals surface area (Å²) in [7, 11) is -2.31. The Morgan fingerprint density at radius 3 is 1.43 bits per heavy atom. The first-order valence-corrected chi connectivity index (χ1v) is 18.5. The van der Waals surface area contributed by atoms with Gasteiger partial charge in [0, 0.05) is 7.59 Å². The first kappa shape index (κ1) is 28.1. The van der Waals surface area contributed by atoms with Crippen molar-refractivity contribution in [3.63, 3.8) is 0 Å². The zero-order valence-electron chi connectivity index (χ0n) is 20.5. The summed E-state index contributed by atoms with van der Waals surface area (Å²) in [4.78, 5) is 0. The maximum absolute atomic E-state index is 2.58. The van der Waals surface area contributed by atoms with E-state index in [0.29, 0.717) is 0 Å². The molecule has 1 aliphatic heterocycles. The topological polar surface area (TPSA) is 0 Å². The number of halogens is 2. The van der Waals surface area contributed by atoms with Gasteiger partial charge in [-0.3, -0.25) is 0 Å². The fourth-order valence-corrected chi connectivity index (χ4v) is 16.2. The summed E-state index contributed by atoms with van der Waals surface area (Å²) in [6.07, 6.45) is 0. The third-order valence-electron chi connectivity index (χ3n) is 8.18. The molecule has 0 fully saturated rings. The molecule has 5 heteroatoms. The molecule has 0 aliphatic carbocycles. The van der Waals surface area contributed by atoms with E-state index in [9.17, 15) is 0 Å². The maximum atomic E-state index is 2.58. The van der Waals surface area contributed by atoms with E-state index in [-0.39, 0.29) is 51.0 Å². The molecule has 1 heterocycles. The Morgan fingerprint density at radius 1 is 0.486 bits per heavy atom. The molecule has 35 heavy (non-hydrogen) atoms. The molecular weight excluding hydrogens is 579 g/mol. The molecule has 6 aromatic carbocycles. The Bertz CT molecular complexity index is 1590. The van der Waals surface area contributed by atoms with E-state index in [1.54, 1.807) is 15.8 Å². The number of hydrogen-bond acceptors (Lipinski definition) is 0. The largest absolute Gasteiger partial charge is 4.00 e. The summed E-state index contributed by atoms with van der Waals surface area (Å²) in [5.41, 5.74) is 0. The average Bonchev–Trinajstić information content (AvgIpc) is 3.36. The van der Waals surface area contributed by atoms with Crippen LogP contribution in [-0.2, 0) is 26.2 Å². The third kappa shape index (κ3) is 4.14. The van der Waals surface area contributed by atoms with Crippen LogP contribution in [0.25, 0.3) is 43.1 Å². The predicted octanol–water partition coefficient (Wildman–Crippen LogP) is 1.35. The van der Waals surface area contributed by atoms with Gasteiger partial charge in [-0.15, -0.1) is 78.6 Å².